The first-order valence-electron chi connectivity index (χ1n) is 8.75. The fourth-order valence-corrected chi connectivity index (χ4v) is 3.66. The van der Waals surface area contributed by atoms with Crippen LogP contribution in [0.25, 0.3) is 11.0 Å². The number of amides is 1. The molecule has 2 aliphatic rings. The second-order valence-electron chi connectivity index (χ2n) is 6.65. The lowest BCUT2D eigenvalue weighted by Crippen LogP contribution is -2.38. The summed E-state index contributed by atoms with van der Waals surface area (Å²) in [4.78, 5) is 29.8. The largest absolute Gasteiger partial charge is 0.480 e. The maximum Gasteiger partial charge on any atom is 0.339 e. The number of hydroxylamine groups is 2. The number of benzene rings is 1. The number of carbonyl (C=O) groups is 1. The van der Waals surface area contributed by atoms with E-state index in [0.717, 1.165) is 47.8 Å². The molecule has 0 saturated carbocycles. The van der Waals surface area contributed by atoms with E-state index in [9.17, 15) is 9.59 Å². The van der Waals surface area contributed by atoms with E-state index in [1.807, 2.05) is 19.1 Å². The number of rotatable bonds is 3. The Balaban J connectivity index is 1.67. The second-order valence-corrected chi connectivity index (χ2v) is 6.65. The summed E-state index contributed by atoms with van der Waals surface area (Å²) in [5.74, 6) is 0.348. The molecular formula is C19H21NO5. The van der Waals surface area contributed by atoms with Crippen molar-refractivity contribution in [3.05, 3.63) is 39.2 Å². The molecule has 0 N–H and O–H groups in total. The molecule has 1 aromatic heterocycles. The predicted octanol–water partition coefficient (Wildman–Crippen LogP) is 2.52. The fourth-order valence-electron chi connectivity index (χ4n) is 3.66. The molecule has 1 aliphatic carbocycles. The van der Waals surface area contributed by atoms with E-state index in [-0.39, 0.29) is 11.5 Å². The Morgan fingerprint density at radius 3 is 2.80 bits per heavy atom. The van der Waals surface area contributed by atoms with Gasteiger partial charge in [0.1, 0.15) is 11.3 Å². The van der Waals surface area contributed by atoms with Crippen LogP contribution in [0.2, 0.25) is 0 Å². The first kappa shape index (κ1) is 16.1. The van der Waals surface area contributed by atoms with Gasteiger partial charge in [-0.25, -0.2) is 9.86 Å². The van der Waals surface area contributed by atoms with Crippen molar-refractivity contribution in [2.75, 3.05) is 13.2 Å². The van der Waals surface area contributed by atoms with Gasteiger partial charge in [0, 0.05) is 16.5 Å². The van der Waals surface area contributed by atoms with Gasteiger partial charge in [0.05, 0.1) is 13.2 Å². The average molecular weight is 343 g/mol. The normalized spacial score (nSPS) is 17.8. The van der Waals surface area contributed by atoms with Gasteiger partial charge in [0.2, 0.25) is 0 Å². The number of ether oxygens (including phenoxy) is 1. The highest BCUT2D eigenvalue weighted by atomic mass is 16.7. The van der Waals surface area contributed by atoms with Crippen molar-refractivity contribution in [1.29, 1.82) is 0 Å². The highest BCUT2D eigenvalue weighted by Gasteiger charge is 2.27. The van der Waals surface area contributed by atoms with Crippen molar-refractivity contribution in [3.63, 3.8) is 0 Å². The first-order chi connectivity index (χ1) is 12.1. The molecule has 25 heavy (non-hydrogen) atoms. The summed E-state index contributed by atoms with van der Waals surface area (Å²) in [6, 6.07) is 3.78. The molecule has 1 amide bonds. The number of hydrogen-bond donors (Lipinski definition) is 0. The summed E-state index contributed by atoms with van der Waals surface area (Å²) in [6.45, 7) is 4.70. The van der Waals surface area contributed by atoms with E-state index in [1.165, 1.54) is 5.06 Å². The fraction of sp³-hybridized carbons (Fsp3) is 0.474. The zero-order chi connectivity index (χ0) is 17.6. The predicted molar refractivity (Wildman–Crippen MR) is 91.6 cm³/mol. The third kappa shape index (κ3) is 2.70. The van der Waals surface area contributed by atoms with Gasteiger partial charge in [-0.05, 0) is 57.2 Å². The Kier molecular flexibility index (Phi) is 4.00. The van der Waals surface area contributed by atoms with Gasteiger partial charge in [-0.3, -0.25) is 9.63 Å². The van der Waals surface area contributed by atoms with E-state index < -0.39 is 6.10 Å². The molecular weight excluding hydrogens is 322 g/mol. The summed E-state index contributed by atoms with van der Waals surface area (Å²) < 4.78 is 11.4. The van der Waals surface area contributed by atoms with Gasteiger partial charge >= 0.3 is 5.63 Å². The molecule has 1 fully saturated rings. The average Bonchev–Trinajstić information content (AvgIpc) is 3.28. The van der Waals surface area contributed by atoms with Crippen molar-refractivity contribution >= 4 is 16.9 Å². The highest BCUT2D eigenvalue weighted by Crippen LogP contribution is 2.33. The molecule has 6 nitrogen and oxygen atoms in total. The van der Waals surface area contributed by atoms with E-state index in [0.29, 0.717) is 24.5 Å². The van der Waals surface area contributed by atoms with Crippen molar-refractivity contribution < 1.29 is 18.8 Å². The van der Waals surface area contributed by atoms with E-state index in [1.54, 1.807) is 6.92 Å². The molecule has 132 valence electrons. The number of fused-ring (bicyclic) bond motifs is 3. The molecule has 1 aromatic carbocycles. The summed E-state index contributed by atoms with van der Waals surface area (Å²) in [6.07, 6.45) is 2.84. The van der Waals surface area contributed by atoms with Crippen molar-refractivity contribution in [2.45, 2.75) is 45.6 Å². The minimum Gasteiger partial charge on any atom is -0.480 e. The molecule has 1 saturated heterocycles. The SMILES string of the molecule is Cc1c(OC(C)C(=O)N2CCCO2)ccc2c3c(c(=O)oc12)CCC3. The van der Waals surface area contributed by atoms with E-state index in [4.69, 9.17) is 14.0 Å². The van der Waals surface area contributed by atoms with Gasteiger partial charge in [-0.2, -0.15) is 0 Å². The van der Waals surface area contributed by atoms with E-state index in [2.05, 4.69) is 0 Å². The monoisotopic (exact) mass is 343 g/mol. The third-order valence-electron chi connectivity index (χ3n) is 4.99. The molecule has 2 heterocycles. The van der Waals surface area contributed by atoms with Gasteiger partial charge in [0.25, 0.3) is 5.91 Å². The maximum absolute atomic E-state index is 12.3. The Morgan fingerprint density at radius 2 is 2.04 bits per heavy atom. The van der Waals surface area contributed by atoms with Crippen LogP contribution in [0.1, 0.15) is 36.5 Å². The first-order valence-corrected chi connectivity index (χ1v) is 8.75. The van der Waals surface area contributed by atoms with Crippen LogP contribution in [0.5, 0.6) is 5.75 Å². The minimum atomic E-state index is -0.671. The van der Waals surface area contributed by atoms with Crippen LogP contribution in [0.15, 0.2) is 21.3 Å². The highest BCUT2D eigenvalue weighted by molar-refractivity contribution is 5.86. The number of carbonyl (C=O) groups excluding carboxylic acids is 1. The summed E-state index contributed by atoms with van der Waals surface area (Å²) >= 11 is 0. The molecule has 1 atom stereocenters. The lowest BCUT2D eigenvalue weighted by atomic mass is 10.0. The van der Waals surface area contributed by atoms with Crippen LogP contribution < -0.4 is 10.4 Å². The quantitative estimate of drug-likeness (QED) is 0.801. The van der Waals surface area contributed by atoms with Crippen LogP contribution in [0, 0.1) is 6.92 Å². The van der Waals surface area contributed by atoms with Crippen LogP contribution in [0.4, 0.5) is 0 Å². The zero-order valence-corrected chi connectivity index (χ0v) is 14.5. The minimum absolute atomic E-state index is 0.201. The number of nitrogens with zero attached hydrogens (tertiary/aromatic N) is 1. The topological polar surface area (TPSA) is 69.0 Å². The van der Waals surface area contributed by atoms with E-state index >= 15 is 0 Å². The van der Waals surface area contributed by atoms with Gasteiger partial charge in [0.15, 0.2) is 6.10 Å². The number of hydrogen-bond acceptors (Lipinski definition) is 5. The molecule has 1 aliphatic heterocycles. The Bertz CT molecular complexity index is 895. The maximum atomic E-state index is 12.3. The molecule has 0 bridgehead atoms. The third-order valence-corrected chi connectivity index (χ3v) is 4.99. The summed E-state index contributed by atoms with van der Waals surface area (Å²) in [5.41, 5.74) is 2.94. The Hall–Kier alpha value is -2.34. The standard InChI is InChI=1S/C19H21NO5/c1-11-16(24-12(2)18(21)20-9-4-10-23-20)8-7-14-13-5-3-6-15(13)19(22)25-17(11)14/h7-8,12H,3-6,9-10H2,1-2H3. The smallest absolute Gasteiger partial charge is 0.339 e. The van der Waals surface area contributed by atoms with Crippen LogP contribution in [-0.2, 0) is 22.5 Å². The molecule has 0 radical (unpaired) electrons. The molecule has 6 heteroatoms. The van der Waals surface area contributed by atoms with Gasteiger partial charge in [-0.15, -0.1) is 0 Å². The summed E-state index contributed by atoms with van der Waals surface area (Å²) in [5, 5.41) is 2.33. The molecule has 0 spiro atoms. The second kappa shape index (κ2) is 6.19. The summed E-state index contributed by atoms with van der Waals surface area (Å²) in [7, 11) is 0. The molecule has 2 aromatic rings. The van der Waals surface area contributed by atoms with Crippen molar-refractivity contribution in [3.8, 4) is 5.75 Å². The lowest BCUT2D eigenvalue weighted by molar-refractivity contribution is -0.175. The molecule has 4 rings (SSSR count). The van der Waals surface area contributed by atoms with Crippen molar-refractivity contribution in [1.82, 2.24) is 5.06 Å². The Morgan fingerprint density at radius 1 is 1.24 bits per heavy atom. The van der Waals surface area contributed by atoms with Crippen LogP contribution >= 0.6 is 0 Å². The van der Waals surface area contributed by atoms with Crippen molar-refractivity contribution in [2.24, 2.45) is 0 Å². The zero-order valence-electron chi connectivity index (χ0n) is 14.5. The van der Waals surface area contributed by atoms with Crippen LogP contribution in [-0.4, -0.2) is 30.2 Å². The molecule has 1 unspecified atom stereocenters. The number of aryl methyl sites for hydroxylation is 2. The lowest BCUT2D eigenvalue weighted by Gasteiger charge is -2.21. The Labute approximate surface area is 145 Å². The van der Waals surface area contributed by atoms with Gasteiger partial charge < -0.3 is 9.15 Å². The van der Waals surface area contributed by atoms with Crippen LogP contribution in [0.3, 0.4) is 0 Å². The van der Waals surface area contributed by atoms with Gasteiger partial charge in [-0.1, -0.05) is 0 Å².